The molecule has 134 valence electrons. The van der Waals surface area contributed by atoms with Crippen molar-refractivity contribution in [2.75, 3.05) is 23.9 Å². The summed E-state index contributed by atoms with van der Waals surface area (Å²) in [5.74, 6) is 1.59. The SMILES string of the molecule is COc1ccc(NC(=O)CSc2nnc(-c3ccc(N)cc3)n2C)cc1. The van der Waals surface area contributed by atoms with E-state index >= 15 is 0 Å². The Morgan fingerprint density at radius 2 is 1.85 bits per heavy atom. The minimum atomic E-state index is -0.114. The zero-order chi connectivity index (χ0) is 18.5. The summed E-state index contributed by atoms with van der Waals surface area (Å²) in [5, 5.41) is 11.9. The van der Waals surface area contributed by atoms with Gasteiger partial charge in [-0.2, -0.15) is 0 Å². The number of hydrogen-bond donors (Lipinski definition) is 2. The van der Waals surface area contributed by atoms with E-state index in [0.717, 1.165) is 22.8 Å². The number of hydrogen-bond acceptors (Lipinski definition) is 6. The number of nitrogens with one attached hydrogen (secondary N) is 1. The van der Waals surface area contributed by atoms with Gasteiger partial charge >= 0.3 is 0 Å². The minimum Gasteiger partial charge on any atom is -0.497 e. The van der Waals surface area contributed by atoms with Gasteiger partial charge in [0.05, 0.1) is 12.9 Å². The Balaban J connectivity index is 1.60. The Bertz CT molecular complexity index is 891. The third-order valence-corrected chi connectivity index (χ3v) is 4.73. The van der Waals surface area contributed by atoms with E-state index in [9.17, 15) is 4.79 Å². The number of rotatable bonds is 6. The van der Waals surface area contributed by atoms with Crippen LogP contribution in [-0.4, -0.2) is 33.5 Å². The molecule has 1 heterocycles. The van der Waals surface area contributed by atoms with Crippen molar-refractivity contribution >= 4 is 29.0 Å². The Kier molecular flexibility index (Phi) is 5.43. The Morgan fingerprint density at radius 3 is 2.50 bits per heavy atom. The van der Waals surface area contributed by atoms with Crippen molar-refractivity contribution in [1.29, 1.82) is 0 Å². The van der Waals surface area contributed by atoms with Crippen LogP contribution in [0.5, 0.6) is 5.75 Å². The average Bonchev–Trinajstić information content (AvgIpc) is 3.02. The molecule has 26 heavy (non-hydrogen) atoms. The van der Waals surface area contributed by atoms with Crippen LogP contribution in [0, 0.1) is 0 Å². The molecule has 1 aromatic heterocycles. The predicted octanol–water partition coefficient (Wildman–Crippen LogP) is 2.80. The van der Waals surface area contributed by atoms with Crippen LogP contribution in [0.3, 0.4) is 0 Å². The molecular weight excluding hydrogens is 350 g/mol. The summed E-state index contributed by atoms with van der Waals surface area (Å²) in [6.07, 6.45) is 0. The van der Waals surface area contributed by atoms with Crippen molar-refractivity contribution in [2.24, 2.45) is 7.05 Å². The molecule has 0 atom stereocenters. The molecule has 0 radical (unpaired) electrons. The zero-order valence-electron chi connectivity index (χ0n) is 14.5. The van der Waals surface area contributed by atoms with E-state index in [4.69, 9.17) is 10.5 Å². The van der Waals surface area contributed by atoms with Gasteiger partial charge in [-0.3, -0.25) is 4.79 Å². The summed E-state index contributed by atoms with van der Waals surface area (Å²) < 4.78 is 6.95. The summed E-state index contributed by atoms with van der Waals surface area (Å²) in [4.78, 5) is 12.1. The van der Waals surface area contributed by atoms with E-state index in [1.54, 1.807) is 31.4 Å². The molecule has 0 spiro atoms. The lowest BCUT2D eigenvalue weighted by atomic mass is 10.2. The molecule has 0 unspecified atom stereocenters. The maximum absolute atomic E-state index is 12.1. The quantitative estimate of drug-likeness (QED) is 0.512. The molecule has 0 bridgehead atoms. The van der Waals surface area contributed by atoms with E-state index in [2.05, 4.69) is 15.5 Å². The fourth-order valence-corrected chi connectivity index (χ4v) is 3.04. The molecule has 0 aliphatic rings. The zero-order valence-corrected chi connectivity index (χ0v) is 15.3. The highest BCUT2D eigenvalue weighted by Crippen LogP contribution is 2.23. The second-order valence-electron chi connectivity index (χ2n) is 5.55. The number of carbonyl (C=O) groups is 1. The van der Waals surface area contributed by atoms with Gasteiger partial charge in [0, 0.05) is 24.0 Å². The molecular formula is C18H19N5O2S. The van der Waals surface area contributed by atoms with Crippen LogP contribution in [0.4, 0.5) is 11.4 Å². The summed E-state index contributed by atoms with van der Waals surface area (Å²) in [6.45, 7) is 0. The van der Waals surface area contributed by atoms with E-state index in [-0.39, 0.29) is 11.7 Å². The number of aromatic nitrogens is 3. The first-order valence-corrected chi connectivity index (χ1v) is 8.87. The van der Waals surface area contributed by atoms with Crippen LogP contribution < -0.4 is 15.8 Å². The van der Waals surface area contributed by atoms with Gasteiger partial charge < -0.3 is 20.4 Å². The van der Waals surface area contributed by atoms with Crippen LogP contribution in [-0.2, 0) is 11.8 Å². The maximum Gasteiger partial charge on any atom is 0.234 e. The number of nitrogens with two attached hydrogens (primary N) is 1. The predicted molar refractivity (Wildman–Crippen MR) is 103 cm³/mol. The van der Waals surface area contributed by atoms with Gasteiger partial charge in [-0.1, -0.05) is 11.8 Å². The Morgan fingerprint density at radius 1 is 1.15 bits per heavy atom. The largest absolute Gasteiger partial charge is 0.497 e. The molecule has 3 N–H and O–H groups in total. The smallest absolute Gasteiger partial charge is 0.234 e. The molecule has 3 aromatic rings. The van der Waals surface area contributed by atoms with Crippen LogP contribution in [0.25, 0.3) is 11.4 Å². The summed E-state index contributed by atoms with van der Waals surface area (Å²) in [5.41, 5.74) is 8.04. The summed E-state index contributed by atoms with van der Waals surface area (Å²) in [6, 6.07) is 14.6. The van der Waals surface area contributed by atoms with Crippen LogP contribution >= 0.6 is 11.8 Å². The normalized spacial score (nSPS) is 10.5. The first kappa shape index (κ1) is 17.8. The minimum absolute atomic E-state index is 0.114. The van der Waals surface area contributed by atoms with Crippen LogP contribution in [0.2, 0.25) is 0 Å². The van der Waals surface area contributed by atoms with Crippen molar-refractivity contribution in [2.45, 2.75) is 5.16 Å². The number of ether oxygens (including phenoxy) is 1. The van der Waals surface area contributed by atoms with E-state index in [1.165, 1.54) is 11.8 Å². The first-order valence-electron chi connectivity index (χ1n) is 7.89. The standard InChI is InChI=1S/C18H19N5O2S/c1-23-17(12-3-5-13(19)6-4-12)21-22-18(23)26-11-16(24)20-14-7-9-15(25-2)10-8-14/h3-10H,11,19H2,1-2H3,(H,20,24). The average molecular weight is 369 g/mol. The third kappa shape index (κ3) is 4.15. The lowest BCUT2D eigenvalue weighted by Gasteiger charge is -2.06. The maximum atomic E-state index is 12.1. The van der Waals surface area contributed by atoms with Gasteiger partial charge in [0.2, 0.25) is 5.91 Å². The highest BCUT2D eigenvalue weighted by atomic mass is 32.2. The number of methoxy groups -OCH3 is 1. The lowest BCUT2D eigenvalue weighted by Crippen LogP contribution is -2.14. The molecule has 2 aromatic carbocycles. The highest BCUT2D eigenvalue weighted by Gasteiger charge is 2.13. The fraction of sp³-hybridized carbons (Fsp3) is 0.167. The Hall–Kier alpha value is -3.00. The highest BCUT2D eigenvalue weighted by molar-refractivity contribution is 7.99. The molecule has 0 saturated heterocycles. The topological polar surface area (TPSA) is 95.1 Å². The molecule has 0 saturated carbocycles. The lowest BCUT2D eigenvalue weighted by molar-refractivity contribution is -0.113. The van der Waals surface area contributed by atoms with Gasteiger partial charge in [0.1, 0.15) is 5.75 Å². The van der Waals surface area contributed by atoms with Crippen molar-refractivity contribution in [3.63, 3.8) is 0 Å². The molecule has 0 aliphatic carbocycles. The molecule has 8 heteroatoms. The molecule has 0 fully saturated rings. The van der Waals surface area contributed by atoms with Crippen molar-refractivity contribution in [3.05, 3.63) is 48.5 Å². The van der Waals surface area contributed by atoms with E-state index < -0.39 is 0 Å². The van der Waals surface area contributed by atoms with Crippen molar-refractivity contribution < 1.29 is 9.53 Å². The van der Waals surface area contributed by atoms with Gasteiger partial charge in [-0.25, -0.2) is 0 Å². The Labute approximate surface area is 155 Å². The number of nitrogen functional groups attached to an aromatic ring is 1. The van der Waals surface area contributed by atoms with E-state index in [1.807, 2.05) is 35.9 Å². The summed E-state index contributed by atoms with van der Waals surface area (Å²) in [7, 11) is 3.47. The van der Waals surface area contributed by atoms with Gasteiger partial charge in [-0.15, -0.1) is 10.2 Å². The number of carbonyl (C=O) groups excluding carboxylic acids is 1. The van der Waals surface area contributed by atoms with Gasteiger partial charge in [-0.05, 0) is 48.5 Å². The molecule has 7 nitrogen and oxygen atoms in total. The first-order chi connectivity index (χ1) is 12.6. The molecule has 1 amide bonds. The number of anilines is 2. The van der Waals surface area contributed by atoms with Gasteiger partial charge in [0.25, 0.3) is 0 Å². The second-order valence-corrected chi connectivity index (χ2v) is 6.50. The second kappa shape index (κ2) is 7.92. The molecule has 3 rings (SSSR count). The number of amides is 1. The number of thioether (sulfide) groups is 1. The van der Waals surface area contributed by atoms with Crippen LogP contribution in [0.1, 0.15) is 0 Å². The number of benzene rings is 2. The van der Waals surface area contributed by atoms with Crippen LogP contribution in [0.15, 0.2) is 53.7 Å². The van der Waals surface area contributed by atoms with Crippen molar-refractivity contribution in [3.8, 4) is 17.1 Å². The monoisotopic (exact) mass is 369 g/mol. The van der Waals surface area contributed by atoms with Crippen molar-refractivity contribution in [1.82, 2.24) is 14.8 Å². The fourth-order valence-electron chi connectivity index (χ4n) is 2.33. The summed E-state index contributed by atoms with van der Waals surface area (Å²) >= 11 is 1.33. The van der Waals surface area contributed by atoms with E-state index in [0.29, 0.717) is 10.8 Å². The number of nitrogens with zero attached hydrogens (tertiary/aromatic N) is 3. The molecule has 0 aliphatic heterocycles. The van der Waals surface area contributed by atoms with Gasteiger partial charge in [0.15, 0.2) is 11.0 Å². The third-order valence-electron chi connectivity index (χ3n) is 3.71.